The molecule has 0 saturated carbocycles. The summed E-state index contributed by atoms with van der Waals surface area (Å²) in [5.74, 6) is 0.112. The second kappa shape index (κ2) is 5.59. The fourth-order valence-corrected chi connectivity index (χ4v) is 1.96. The summed E-state index contributed by atoms with van der Waals surface area (Å²) in [6.45, 7) is 6.76. The highest BCUT2D eigenvalue weighted by Gasteiger charge is 2.50. The van der Waals surface area contributed by atoms with Gasteiger partial charge in [-0.25, -0.2) is 0 Å². The number of alkyl halides is 3. The van der Waals surface area contributed by atoms with Gasteiger partial charge in [-0.3, -0.25) is 4.68 Å². The molecule has 0 amide bonds. The van der Waals surface area contributed by atoms with Crippen molar-refractivity contribution in [1.82, 2.24) is 14.8 Å². The van der Waals surface area contributed by atoms with Gasteiger partial charge in [0, 0.05) is 17.3 Å². The second-order valence-electron chi connectivity index (χ2n) is 4.82. The van der Waals surface area contributed by atoms with Crippen molar-refractivity contribution in [2.75, 3.05) is 0 Å². The van der Waals surface area contributed by atoms with E-state index < -0.39 is 18.3 Å². The van der Waals surface area contributed by atoms with Gasteiger partial charge in [0.1, 0.15) is 0 Å². The Hall–Kier alpha value is -2.11. The molecule has 2 heterocycles. The molecule has 0 bridgehead atoms. The van der Waals surface area contributed by atoms with Crippen molar-refractivity contribution in [3.63, 3.8) is 0 Å². The molecule has 22 heavy (non-hydrogen) atoms. The molecule has 1 unspecified atom stereocenters. The highest BCUT2D eigenvalue weighted by molar-refractivity contribution is 6.32. The molecule has 2 aromatic rings. The first-order chi connectivity index (χ1) is 10.1. The topological polar surface area (TPSA) is 55.3 Å². The first kappa shape index (κ1) is 16.3. The number of pyridine rings is 1. The van der Waals surface area contributed by atoms with Crippen LogP contribution in [0.2, 0.25) is 5.15 Å². The van der Waals surface area contributed by atoms with Crippen LogP contribution in [0.15, 0.2) is 24.5 Å². The Morgan fingerprint density at radius 2 is 2.09 bits per heavy atom. The molecule has 0 spiro atoms. The standard InChI is InChI=1S/C13H10ClF3N4O/c1-12(22,13(15,16)17)7-21-6-8(5-19-21)9-3-4-10(18-2)20-11(9)14/h3-6,22H,7H2,1H3. The summed E-state index contributed by atoms with van der Waals surface area (Å²) in [7, 11) is 0. The number of aliphatic hydroxyl groups is 1. The molecule has 0 aliphatic heterocycles. The molecule has 1 atom stereocenters. The molecule has 116 valence electrons. The minimum Gasteiger partial charge on any atom is -0.379 e. The van der Waals surface area contributed by atoms with E-state index in [1.807, 2.05) is 0 Å². The largest absolute Gasteiger partial charge is 0.418 e. The van der Waals surface area contributed by atoms with E-state index in [9.17, 15) is 18.3 Å². The van der Waals surface area contributed by atoms with Crippen molar-refractivity contribution in [3.8, 4) is 11.1 Å². The second-order valence-corrected chi connectivity index (χ2v) is 5.18. The van der Waals surface area contributed by atoms with Gasteiger partial charge in [0.05, 0.1) is 12.7 Å². The molecule has 2 aromatic heterocycles. The monoisotopic (exact) mass is 330 g/mol. The number of nitrogens with zero attached hydrogens (tertiary/aromatic N) is 4. The van der Waals surface area contributed by atoms with E-state index in [0.717, 1.165) is 4.68 Å². The van der Waals surface area contributed by atoms with Crippen LogP contribution in [-0.4, -0.2) is 31.6 Å². The SMILES string of the molecule is [C-]#[N+]c1ccc(-c2cnn(CC(C)(O)C(F)(F)F)c2)c(Cl)n1. The van der Waals surface area contributed by atoms with E-state index in [-0.39, 0.29) is 11.0 Å². The zero-order valence-corrected chi connectivity index (χ0v) is 12.0. The molecule has 2 rings (SSSR count). The van der Waals surface area contributed by atoms with Gasteiger partial charge >= 0.3 is 6.18 Å². The lowest BCUT2D eigenvalue weighted by Gasteiger charge is -2.25. The van der Waals surface area contributed by atoms with Crippen LogP contribution in [0.4, 0.5) is 19.0 Å². The minimum atomic E-state index is -4.77. The predicted molar refractivity (Wildman–Crippen MR) is 73.4 cm³/mol. The lowest BCUT2D eigenvalue weighted by molar-refractivity contribution is -0.258. The molecule has 0 radical (unpaired) electrons. The first-order valence-corrected chi connectivity index (χ1v) is 6.38. The normalized spacial score (nSPS) is 14.4. The van der Waals surface area contributed by atoms with Crippen molar-refractivity contribution in [3.05, 3.63) is 41.1 Å². The van der Waals surface area contributed by atoms with Gasteiger partial charge in [0.2, 0.25) is 5.15 Å². The van der Waals surface area contributed by atoms with Crippen molar-refractivity contribution >= 4 is 17.4 Å². The maximum Gasteiger partial charge on any atom is 0.418 e. The molecule has 0 aromatic carbocycles. The van der Waals surface area contributed by atoms with E-state index in [2.05, 4.69) is 14.9 Å². The number of hydrogen-bond donors (Lipinski definition) is 1. The third kappa shape index (κ3) is 3.21. The zero-order valence-electron chi connectivity index (χ0n) is 11.3. The van der Waals surface area contributed by atoms with Crippen LogP contribution >= 0.6 is 11.6 Å². The van der Waals surface area contributed by atoms with Crippen LogP contribution in [0.3, 0.4) is 0 Å². The van der Waals surface area contributed by atoms with Crippen molar-refractivity contribution < 1.29 is 18.3 Å². The molecular weight excluding hydrogens is 321 g/mol. The molecule has 1 N–H and O–H groups in total. The van der Waals surface area contributed by atoms with Crippen molar-refractivity contribution in [1.29, 1.82) is 0 Å². The third-order valence-electron chi connectivity index (χ3n) is 2.97. The Morgan fingerprint density at radius 1 is 1.41 bits per heavy atom. The van der Waals surface area contributed by atoms with E-state index in [1.165, 1.54) is 24.5 Å². The van der Waals surface area contributed by atoms with Crippen LogP contribution < -0.4 is 0 Å². The average Bonchev–Trinajstić information content (AvgIpc) is 2.84. The van der Waals surface area contributed by atoms with E-state index in [1.54, 1.807) is 0 Å². The summed E-state index contributed by atoms with van der Waals surface area (Å²) < 4.78 is 38.9. The first-order valence-electron chi connectivity index (χ1n) is 6.00. The maximum atomic E-state index is 12.6. The highest BCUT2D eigenvalue weighted by Crippen LogP contribution is 2.32. The Morgan fingerprint density at radius 3 is 2.64 bits per heavy atom. The van der Waals surface area contributed by atoms with Crippen LogP contribution in [0.25, 0.3) is 16.0 Å². The van der Waals surface area contributed by atoms with Gasteiger partial charge in [-0.15, -0.1) is 4.98 Å². The van der Waals surface area contributed by atoms with Crippen LogP contribution in [-0.2, 0) is 6.54 Å². The quantitative estimate of drug-likeness (QED) is 0.692. The highest BCUT2D eigenvalue weighted by atomic mass is 35.5. The van der Waals surface area contributed by atoms with Crippen LogP contribution in [0, 0.1) is 6.57 Å². The molecule has 0 fully saturated rings. The molecule has 9 heteroatoms. The Bertz CT molecular complexity index is 734. The van der Waals surface area contributed by atoms with Gasteiger partial charge in [-0.05, 0) is 24.6 Å². The minimum absolute atomic E-state index is 0.0515. The predicted octanol–water partition coefficient (Wildman–Crippen LogP) is 3.46. The molecule has 0 aliphatic rings. The Labute approximate surface area is 128 Å². The maximum absolute atomic E-state index is 12.6. The smallest absolute Gasteiger partial charge is 0.379 e. The van der Waals surface area contributed by atoms with Crippen LogP contribution in [0.1, 0.15) is 6.92 Å². The van der Waals surface area contributed by atoms with Gasteiger partial charge in [-0.2, -0.15) is 18.3 Å². The Balaban J connectivity index is 2.28. The average molecular weight is 331 g/mol. The van der Waals surface area contributed by atoms with Crippen molar-refractivity contribution in [2.24, 2.45) is 0 Å². The number of halogens is 4. The lowest BCUT2D eigenvalue weighted by Crippen LogP contribution is -2.45. The zero-order chi connectivity index (χ0) is 16.5. The van der Waals surface area contributed by atoms with E-state index in [4.69, 9.17) is 18.2 Å². The summed E-state index contributed by atoms with van der Waals surface area (Å²) in [6.07, 6.45) is -2.14. The van der Waals surface area contributed by atoms with Crippen LogP contribution in [0.5, 0.6) is 0 Å². The summed E-state index contributed by atoms with van der Waals surface area (Å²) >= 11 is 5.94. The summed E-state index contributed by atoms with van der Waals surface area (Å²) in [5, 5.41) is 13.3. The molecular formula is C13H10ClF3N4O. The summed E-state index contributed by atoms with van der Waals surface area (Å²) in [6, 6.07) is 2.98. The molecule has 0 saturated heterocycles. The number of rotatable bonds is 3. The molecule has 5 nitrogen and oxygen atoms in total. The van der Waals surface area contributed by atoms with Crippen molar-refractivity contribution in [2.45, 2.75) is 25.2 Å². The van der Waals surface area contributed by atoms with Gasteiger partial charge in [0.25, 0.3) is 5.82 Å². The van der Waals surface area contributed by atoms with E-state index in [0.29, 0.717) is 18.1 Å². The molecule has 0 aliphatic carbocycles. The summed E-state index contributed by atoms with van der Waals surface area (Å²) in [4.78, 5) is 6.96. The fourth-order valence-electron chi connectivity index (χ4n) is 1.70. The summed E-state index contributed by atoms with van der Waals surface area (Å²) in [5.41, 5.74) is -2.02. The van der Waals surface area contributed by atoms with E-state index >= 15 is 0 Å². The Kier molecular flexibility index (Phi) is 4.13. The lowest BCUT2D eigenvalue weighted by atomic mass is 10.1. The number of hydrogen-bond acceptors (Lipinski definition) is 3. The van der Waals surface area contributed by atoms with Gasteiger partial charge in [0.15, 0.2) is 5.60 Å². The third-order valence-corrected chi connectivity index (χ3v) is 3.26. The number of aromatic nitrogens is 3. The fraction of sp³-hybridized carbons (Fsp3) is 0.308. The van der Waals surface area contributed by atoms with Gasteiger partial charge < -0.3 is 9.95 Å². The van der Waals surface area contributed by atoms with Gasteiger partial charge in [-0.1, -0.05) is 12.6 Å².